The number of alkyl halides is 3. The number of likely N-dealkylation sites (tertiary alicyclic amines) is 1. The zero-order valence-corrected chi connectivity index (χ0v) is 15.6. The van der Waals surface area contributed by atoms with Gasteiger partial charge in [0.25, 0.3) is 5.91 Å². The molecule has 1 saturated heterocycles. The molecule has 1 amide bonds. The summed E-state index contributed by atoms with van der Waals surface area (Å²) in [5.74, 6) is 0.487. The number of carbonyl (C=O) groups is 1. The van der Waals surface area contributed by atoms with Crippen molar-refractivity contribution in [3.05, 3.63) is 47.8 Å². The third-order valence-electron chi connectivity index (χ3n) is 4.68. The summed E-state index contributed by atoms with van der Waals surface area (Å²) in [5.41, 5.74) is 0.0984. The molecule has 29 heavy (non-hydrogen) atoms. The molecule has 0 N–H and O–H groups in total. The number of fused-ring (bicyclic) bond motifs is 1. The average molecular weight is 406 g/mol. The largest absolute Gasteiger partial charge is 0.487 e. The molecule has 4 rings (SSSR count). The van der Waals surface area contributed by atoms with Crippen molar-refractivity contribution in [3.63, 3.8) is 0 Å². The molecule has 0 radical (unpaired) electrons. The minimum absolute atomic E-state index is 0.0754. The van der Waals surface area contributed by atoms with Gasteiger partial charge in [-0.1, -0.05) is 0 Å². The molecule has 0 unspecified atom stereocenters. The summed E-state index contributed by atoms with van der Waals surface area (Å²) in [7, 11) is 3.30. The Hall–Kier alpha value is -3.30. The molecule has 7 nitrogen and oxygen atoms in total. The van der Waals surface area contributed by atoms with Crippen molar-refractivity contribution in [2.24, 2.45) is 7.05 Å². The van der Waals surface area contributed by atoms with E-state index in [2.05, 4.69) is 10.1 Å². The highest BCUT2D eigenvalue weighted by molar-refractivity contribution is 5.99. The Bertz CT molecular complexity index is 1070. The van der Waals surface area contributed by atoms with Crippen LogP contribution in [0.15, 0.2) is 36.5 Å². The van der Waals surface area contributed by atoms with E-state index in [1.165, 1.54) is 6.07 Å². The molecule has 152 valence electrons. The molecular formula is C19H17F3N4O3. The SMILES string of the molecule is COc1c2ccc(C(=O)N3CC(Oc4ccnc(C(F)(F)F)c4)C3)cc2nn1C. The minimum Gasteiger partial charge on any atom is -0.487 e. The van der Waals surface area contributed by atoms with Crippen LogP contribution in [0.2, 0.25) is 0 Å². The Labute approximate surface area is 163 Å². The molecule has 1 fully saturated rings. The zero-order valence-electron chi connectivity index (χ0n) is 15.6. The third-order valence-corrected chi connectivity index (χ3v) is 4.68. The maximum absolute atomic E-state index is 12.7. The molecule has 0 saturated carbocycles. The van der Waals surface area contributed by atoms with Crippen LogP contribution in [0.4, 0.5) is 13.2 Å². The predicted molar refractivity (Wildman–Crippen MR) is 96.8 cm³/mol. The number of rotatable bonds is 4. The lowest BCUT2D eigenvalue weighted by atomic mass is 10.1. The topological polar surface area (TPSA) is 69.5 Å². The number of pyridine rings is 1. The summed E-state index contributed by atoms with van der Waals surface area (Å²) in [5, 5.41) is 5.13. The van der Waals surface area contributed by atoms with E-state index in [0.717, 1.165) is 17.6 Å². The van der Waals surface area contributed by atoms with Gasteiger partial charge >= 0.3 is 6.18 Å². The first-order chi connectivity index (χ1) is 13.8. The molecule has 0 spiro atoms. The first kappa shape index (κ1) is 19.0. The van der Waals surface area contributed by atoms with Gasteiger partial charge in [-0.15, -0.1) is 0 Å². The highest BCUT2D eigenvalue weighted by Crippen LogP contribution is 2.31. The number of aryl methyl sites for hydroxylation is 1. The summed E-state index contributed by atoms with van der Waals surface area (Å²) in [6.07, 6.45) is -3.86. The maximum Gasteiger partial charge on any atom is 0.433 e. The highest BCUT2D eigenvalue weighted by Gasteiger charge is 2.35. The lowest BCUT2D eigenvalue weighted by molar-refractivity contribution is -0.141. The van der Waals surface area contributed by atoms with Crippen molar-refractivity contribution in [3.8, 4) is 11.6 Å². The second-order valence-electron chi connectivity index (χ2n) is 6.69. The number of halogens is 3. The molecule has 0 atom stereocenters. The number of ether oxygens (including phenoxy) is 2. The second kappa shape index (κ2) is 6.94. The van der Waals surface area contributed by atoms with Crippen molar-refractivity contribution in [2.45, 2.75) is 12.3 Å². The Morgan fingerprint density at radius 1 is 1.21 bits per heavy atom. The van der Waals surface area contributed by atoms with Gasteiger partial charge in [-0.05, 0) is 24.3 Å². The lowest BCUT2D eigenvalue weighted by Gasteiger charge is -2.39. The molecule has 0 bridgehead atoms. The van der Waals surface area contributed by atoms with Gasteiger partial charge in [0.05, 0.1) is 31.1 Å². The summed E-state index contributed by atoms with van der Waals surface area (Å²) in [6, 6.07) is 7.38. The molecule has 3 heterocycles. The van der Waals surface area contributed by atoms with Crippen molar-refractivity contribution in [1.82, 2.24) is 19.7 Å². The van der Waals surface area contributed by atoms with E-state index in [1.807, 2.05) is 0 Å². The average Bonchev–Trinajstić information content (AvgIpc) is 2.97. The van der Waals surface area contributed by atoms with Crippen molar-refractivity contribution in [1.29, 1.82) is 0 Å². The fourth-order valence-electron chi connectivity index (χ4n) is 3.24. The minimum atomic E-state index is -4.53. The van der Waals surface area contributed by atoms with Gasteiger partial charge in [0.1, 0.15) is 17.5 Å². The predicted octanol–water partition coefficient (Wildman–Crippen LogP) is 2.90. The van der Waals surface area contributed by atoms with Crippen molar-refractivity contribution < 1.29 is 27.4 Å². The van der Waals surface area contributed by atoms with E-state index in [9.17, 15) is 18.0 Å². The van der Waals surface area contributed by atoms with Crippen LogP contribution in [0.5, 0.6) is 11.6 Å². The molecule has 3 aromatic rings. The number of hydrogen-bond donors (Lipinski definition) is 0. The summed E-state index contributed by atoms with van der Waals surface area (Å²) in [4.78, 5) is 17.5. The van der Waals surface area contributed by atoms with Gasteiger partial charge in [0, 0.05) is 24.9 Å². The first-order valence-corrected chi connectivity index (χ1v) is 8.76. The van der Waals surface area contributed by atoms with E-state index in [-0.39, 0.29) is 30.9 Å². The van der Waals surface area contributed by atoms with Crippen LogP contribution in [0.3, 0.4) is 0 Å². The van der Waals surface area contributed by atoms with E-state index in [0.29, 0.717) is 17.0 Å². The number of aromatic nitrogens is 3. The zero-order chi connectivity index (χ0) is 20.8. The first-order valence-electron chi connectivity index (χ1n) is 8.76. The van der Waals surface area contributed by atoms with Crippen LogP contribution in [0.25, 0.3) is 10.9 Å². The Morgan fingerprint density at radius 2 is 1.97 bits per heavy atom. The quantitative estimate of drug-likeness (QED) is 0.667. The van der Waals surface area contributed by atoms with Gasteiger partial charge in [0.2, 0.25) is 5.88 Å². The summed E-state index contributed by atoms with van der Waals surface area (Å²) in [6.45, 7) is 0.568. The molecule has 10 heteroatoms. The van der Waals surface area contributed by atoms with Crippen molar-refractivity contribution >= 4 is 16.8 Å². The number of carbonyl (C=O) groups excluding carboxylic acids is 1. The van der Waals surface area contributed by atoms with Crippen LogP contribution in [-0.2, 0) is 13.2 Å². The van der Waals surface area contributed by atoms with Gasteiger partial charge < -0.3 is 14.4 Å². The summed E-state index contributed by atoms with van der Waals surface area (Å²) >= 11 is 0. The molecule has 2 aromatic heterocycles. The smallest absolute Gasteiger partial charge is 0.433 e. The normalized spacial score (nSPS) is 14.7. The van der Waals surface area contributed by atoms with Crippen LogP contribution < -0.4 is 9.47 Å². The van der Waals surface area contributed by atoms with Crippen LogP contribution in [0.1, 0.15) is 16.1 Å². The van der Waals surface area contributed by atoms with E-state index < -0.39 is 11.9 Å². The number of amides is 1. The highest BCUT2D eigenvalue weighted by atomic mass is 19.4. The lowest BCUT2D eigenvalue weighted by Crippen LogP contribution is -2.56. The van der Waals surface area contributed by atoms with Gasteiger partial charge in [-0.25, -0.2) is 4.68 Å². The van der Waals surface area contributed by atoms with Gasteiger partial charge in [-0.2, -0.15) is 18.3 Å². The third kappa shape index (κ3) is 3.57. The maximum atomic E-state index is 12.7. The number of methoxy groups -OCH3 is 1. The molecule has 0 aliphatic carbocycles. The fourth-order valence-corrected chi connectivity index (χ4v) is 3.24. The summed E-state index contributed by atoms with van der Waals surface area (Å²) < 4.78 is 50.6. The fraction of sp³-hybridized carbons (Fsp3) is 0.316. The second-order valence-corrected chi connectivity index (χ2v) is 6.69. The van der Waals surface area contributed by atoms with Crippen LogP contribution in [-0.4, -0.2) is 51.9 Å². The standard InChI is InChI=1S/C19H17F3N4O3/c1-25-18(28-2)14-4-3-11(7-15(14)24-25)17(27)26-9-13(10-26)29-12-5-6-23-16(8-12)19(20,21)22/h3-8,13H,9-10H2,1-2H3. The number of benzene rings is 1. The molecular weight excluding hydrogens is 389 g/mol. The molecule has 1 aromatic carbocycles. The number of nitrogens with zero attached hydrogens (tertiary/aromatic N) is 4. The monoisotopic (exact) mass is 406 g/mol. The van der Waals surface area contributed by atoms with Crippen molar-refractivity contribution in [2.75, 3.05) is 20.2 Å². The Morgan fingerprint density at radius 3 is 2.66 bits per heavy atom. The van der Waals surface area contributed by atoms with E-state index >= 15 is 0 Å². The molecule has 1 aliphatic heterocycles. The van der Waals surface area contributed by atoms with E-state index in [1.54, 1.807) is 41.9 Å². The Kier molecular flexibility index (Phi) is 4.56. The molecule has 1 aliphatic rings. The van der Waals surface area contributed by atoms with Crippen LogP contribution >= 0.6 is 0 Å². The van der Waals surface area contributed by atoms with Gasteiger partial charge in [-0.3, -0.25) is 9.78 Å². The Balaban J connectivity index is 1.41. The van der Waals surface area contributed by atoms with Crippen LogP contribution in [0, 0.1) is 0 Å². The number of hydrogen-bond acceptors (Lipinski definition) is 5. The van der Waals surface area contributed by atoms with Gasteiger partial charge in [0.15, 0.2) is 0 Å². The van der Waals surface area contributed by atoms with E-state index in [4.69, 9.17) is 9.47 Å².